The number of carbonyl (C=O) groups is 2. The van der Waals surface area contributed by atoms with Crippen LogP contribution in [-0.2, 0) is 9.53 Å². The van der Waals surface area contributed by atoms with E-state index in [2.05, 4.69) is 5.32 Å². The highest BCUT2D eigenvalue weighted by atomic mass is 35.5. The van der Waals surface area contributed by atoms with Gasteiger partial charge in [-0.15, -0.1) is 0 Å². The molecule has 7 nitrogen and oxygen atoms in total. The van der Waals surface area contributed by atoms with Gasteiger partial charge in [0.05, 0.1) is 21.2 Å². The number of non-ortho nitro benzene ring substituents is 1. The highest BCUT2D eigenvalue weighted by molar-refractivity contribution is 6.34. The molecule has 0 bridgehead atoms. The molecule has 2 rings (SSSR count). The van der Waals surface area contributed by atoms with Crippen molar-refractivity contribution in [3.05, 3.63) is 68.7 Å². The molecule has 8 heteroatoms. The minimum atomic E-state index is -1.07. The summed E-state index contributed by atoms with van der Waals surface area (Å²) >= 11 is 5.92. The van der Waals surface area contributed by atoms with E-state index in [1.807, 2.05) is 0 Å². The molecule has 130 valence electrons. The number of benzene rings is 2. The lowest BCUT2D eigenvalue weighted by molar-refractivity contribution is -0.384. The van der Waals surface area contributed by atoms with Gasteiger partial charge in [-0.05, 0) is 31.5 Å². The minimum absolute atomic E-state index is 0.0139. The van der Waals surface area contributed by atoms with E-state index in [1.165, 1.54) is 19.1 Å². The van der Waals surface area contributed by atoms with Gasteiger partial charge in [0.2, 0.25) is 0 Å². The second-order valence-electron chi connectivity index (χ2n) is 5.27. The van der Waals surface area contributed by atoms with Crippen LogP contribution in [0.5, 0.6) is 0 Å². The average molecular weight is 363 g/mol. The van der Waals surface area contributed by atoms with E-state index in [0.29, 0.717) is 5.56 Å². The lowest BCUT2D eigenvalue weighted by Gasteiger charge is -2.15. The molecule has 1 unspecified atom stereocenters. The summed E-state index contributed by atoms with van der Waals surface area (Å²) < 4.78 is 5.15. The van der Waals surface area contributed by atoms with Crippen molar-refractivity contribution in [2.24, 2.45) is 0 Å². The van der Waals surface area contributed by atoms with Crippen molar-refractivity contribution in [2.75, 3.05) is 5.32 Å². The maximum atomic E-state index is 12.2. The Hall–Kier alpha value is -2.93. The maximum Gasteiger partial charge on any atom is 0.339 e. The molecule has 2 aromatic carbocycles. The quantitative estimate of drug-likeness (QED) is 0.496. The number of nitrogens with one attached hydrogen (secondary N) is 1. The number of nitro benzene ring substituents is 1. The van der Waals surface area contributed by atoms with Gasteiger partial charge < -0.3 is 10.1 Å². The summed E-state index contributed by atoms with van der Waals surface area (Å²) in [7, 11) is 0. The summed E-state index contributed by atoms with van der Waals surface area (Å²) in [5.41, 5.74) is 1.10. The number of aryl methyl sites for hydroxylation is 1. The van der Waals surface area contributed by atoms with Gasteiger partial charge in [-0.3, -0.25) is 14.9 Å². The van der Waals surface area contributed by atoms with Gasteiger partial charge in [-0.2, -0.15) is 0 Å². The Balaban J connectivity index is 2.04. The fourth-order valence-corrected chi connectivity index (χ4v) is 2.25. The first-order valence-corrected chi connectivity index (χ1v) is 7.69. The molecule has 0 aromatic heterocycles. The van der Waals surface area contributed by atoms with Crippen LogP contribution in [0, 0.1) is 17.0 Å². The van der Waals surface area contributed by atoms with E-state index >= 15 is 0 Å². The molecule has 0 fully saturated rings. The van der Waals surface area contributed by atoms with Crippen molar-refractivity contribution >= 4 is 34.9 Å². The van der Waals surface area contributed by atoms with E-state index in [-0.39, 0.29) is 16.4 Å². The molecular weight excluding hydrogens is 348 g/mol. The van der Waals surface area contributed by atoms with Gasteiger partial charge in [-0.1, -0.05) is 29.8 Å². The fraction of sp³-hybridized carbons (Fsp3) is 0.176. The number of hydrogen-bond donors (Lipinski definition) is 1. The number of anilines is 1. The number of ether oxygens (including phenoxy) is 1. The monoisotopic (exact) mass is 362 g/mol. The molecule has 0 heterocycles. The average Bonchev–Trinajstić information content (AvgIpc) is 2.56. The summed E-state index contributed by atoms with van der Waals surface area (Å²) in [6.45, 7) is 3.18. The van der Waals surface area contributed by atoms with Crippen LogP contribution >= 0.6 is 11.6 Å². The lowest BCUT2D eigenvalue weighted by Crippen LogP contribution is -2.30. The molecule has 0 radical (unpaired) electrons. The summed E-state index contributed by atoms with van der Waals surface area (Å²) in [4.78, 5) is 34.4. The van der Waals surface area contributed by atoms with Crippen molar-refractivity contribution in [2.45, 2.75) is 20.0 Å². The third-order valence-electron chi connectivity index (χ3n) is 3.44. The molecule has 25 heavy (non-hydrogen) atoms. The van der Waals surface area contributed by atoms with E-state index in [4.69, 9.17) is 16.3 Å². The number of carbonyl (C=O) groups excluding carboxylic acids is 2. The Morgan fingerprint density at radius 1 is 1.24 bits per heavy atom. The van der Waals surface area contributed by atoms with Gasteiger partial charge in [0.25, 0.3) is 11.6 Å². The van der Waals surface area contributed by atoms with Crippen LogP contribution < -0.4 is 5.32 Å². The predicted octanol–water partition coefficient (Wildman–Crippen LogP) is 3.74. The number of halogens is 1. The van der Waals surface area contributed by atoms with Gasteiger partial charge in [0.15, 0.2) is 6.10 Å². The van der Waals surface area contributed by atoms with Gasteiger partial charge in [-0.25, -0.2) is 4.79 Å². The van der Waals surface area contributed by atoms with E-state index in [9.17, 15) is 19.7 Å². The third kappa shape index (κ3) is 4.54. The lowest BCUT2D eigenvalue weighted by atomic mass is 10.1. The van der Waals surface area contributed by atoms with E-state index < -0.39 is 22.9 Å². The van der Waals surface area contributed by atoms with Crippen LogP contribution in [0.25, 0.3) is 0 Å². The van der Waals surface area contributed by atoms with Crippen molar-refractivity contribution in [3.63, 3.8) is 0 Å². The van der Waals surface area contributed by atoms with Crippen LogP contribution in [0.2, 0.25) is 5.02 Å². The zero-order chi connectivity index (χ0) is 18.6. The van der Waals surface area contributed by atoms with Crippen molar-refractivity contribution in [1.82, 2.24) is 0 Å². The second-order valence-corrected chi connectivity index (χ2v) is 5.68. The SMILES string of the molecule is Cc1ccccc1C(=O)OC(C)C(=O)Nc1ccc([N+](=O)[O-])cc1Cl. The number of esters is 1. The molecule has 1 N–H and O–H groups in total. The normalized spacial score (nSPS) is 11.5. The molecule has 0 saturated carbocycles. The van der Waals surface area contributed by atoms with Crippen molar-refractivity contribution in [1.29, 1.82) is 0 Å². The summed E-state index contributed by atoms with van der Waals surface area (Å²) in [5.74, 6) is -1.21. The van der Waals surface area contributed by atoms with Gasteiger partial charge in [0, 0.05) is 12.1 Å². The first-order chi connectivity index (χ1) is 11.8. The van der Waals surface area contributed by atoms with Crippen LogP contribution in [0.1, 0.15) is 22.8 Å². The Bertz CT molecular complexity index is 838. The summed E-state index contributed by atoms with van der Waals surface area (Å²) in [6.07, 6.45) is -1.07. The first-order valence-electron chi connectivity index (χ1n) is 7.31. The summed E-state index contributed by atoms with van der Waals surface area (Å²) in [5, 5.41) is 13.2. The van der Waals surface area contributed by atoms with Gasteiger partial charge in [0.1, 0.15) is 0 Å². The fourth-order valence-electron chi connectivity index (χ4n) is 2.03. The standard InChI is InChI=1S/C17H15ClN2O5/c1-10-5-3-4-6-13(10)17(22)25-11(2)16(21)19-15-8-7-12(20(23)24)9-14(15)18/h3-9,11H,1-2H3,(H,19,21). The Kier molecular flexibility index (Phi) is 5.71. The van der Waals surface area contributed by atoms with E-state index in [1.54, 1.807) is 31.2 Å². The largest absolute Gasteiger partial charge is 0.449 e. The number of amides is 1. The van der Waals surface area contributed by atoms with Gasteiger partial charge >= 0.3 is 5.97 Å². The number of rotatable bonds is 5. The Labute approximate surface area is 148 Å². The highest BCUT2D eigenvalue weighted by Gasteiger charge is 2.21. The zero-order valence-electron chi connectivity index (χ0n) is 13.5. The topological polar surface area (TPSA) is 98.5 Å². The second kappa shape index (κ2) is 7.76. The third-order valence-corrected chi connectivity index (χ3v) is 3.75. The molecule has 0 aliphatic carbocycles. The molecule has 0 spiro atoms. The molecule has 2 aromatic rings. The molecule has 0 aliphatic rings. The number of nitro groups is 1. The van der Waals surface area contributed by atoms with E-state index in [0.717, 1.165) is 11.6 Å². The summed E-state index contributed by atoms with van der Waals surface area (Å²) in [6, 6.07) is 10.5. The molecule has 0 aliphatic heterocycles. The smallest absolute Gasteiger partial charge is 0.339 e. The minimum Gasteiger partial charge on any atom is -0.449 e. The number of hydrogen-bond acceptors (Lipinski definition) is 5. The molecule has 1 atom stereocenters. The molecular formula is C17H15ClN2O5. The van der Waals surface area contributed by atoms with Crippen molar-refractivity contribution in [3.8, 4) is 0 Å². The van der Waals surface area contributed by atoms with Crippen LogP contribution in [0.4, 0.5) is 11.4 Å². The first kappa shape index (κ1) is 18.4. The van der Waals surface area contributed by atoms with Crippen LogP contribution in [0.3, 0.4) is 0 Å². The van der Waals surface area contributed by atoms with Crippen LogP contribution in [0.15, 0.2) is 42.5 Å². The maximum absolute atomic E-state index is 12.2. The Morgan fingerprint density at radius 3 is 2.52 bits per heavy atom. The van der Waals surface area contributed by atoms with Crippen LogP contribution in [-0.4, -0.2) is 22.9 Å². The van der Waals surface area contributed by atoms with Crippen molar-refractivity contribution < 1.29 is 19.2 Å². The number of nitrogens with zero attached hydrogens (tertiary/aromatic N) is 1. The zero-order valence-corrected chi connectivity index (χ0v) is 14.2. The predicted molar refractivity (Wildman–Crippen MR) is 92.8 cm³/mol. The highest BCUT2D eigenvalue weighted by Crippen LogP contribution is 2.26. The molecule has 0 saturated heterocycles. The molecule has 1 amide bonds. The Morgan fingerprint density at radius 2 is 1.92 bits per heavy atom.